The van der Waals surface area contributed by atoms with Crippen LogP contribution in [0.2, 0.25) is 16.6 Å². The van der Waals surface area contributed by atoms with Gasteiger partial charge in [-0.3, -0.25) is 9.88 Å². The fourth-order valence-electron chi connectivity index (χ4n) is 9.42. The number of phenolic OH excluding ortho intramolecular Hbond substituents is 1. The average molecular weight is 766 g/mol. The highest BCUT2D eigenvalue weighted by atomic mass is 28.3. The molecule has 1 N–H and O–H groups in total. The number of benzene rings is 2. The second-order valence-corrected chi connectivity index (χ2v) is 21.9. The summed E-state index contributed by atoms with van der Waals surface area (Å²) in [6, 6.07) is 5.17. The maximum atomic E-state index is 17.2. The summed E-state index contributed by atoms with van der Waals surface area (Å²) in [6.45, 7) is 13.4. The van der Waals surface area contributed by atoms with Crippen molar-refractivity contribution in [2.75, 3.05) is 31.1 Å². The molecule has 13 heteroatoms. The van der Waals surface area contributed by atoms with E-state index in [1.165, 1.54) is 35.4 Å². The van der Waals surface area contributed by atoms with E-state index < -0.39 is 44.4 Å². The standard InChI is InChI=1S/C41H48F5N5O2Si/c1-23(2)54(24(3)4,25(5)6)15-12-30-33(43)11-8-26-16-29(52)17-31(35(26)30)37-36(46)38-32(19-47-37)39(51(21-34(44)45)28-9-10-28)49-40(48-38)53-22-41-13-7-14-50(41)20-27(42)18-41/h8,11,16-17,19,23-25,27-28,34,52H,7,9-10,13-14,18,20-22H2,1-6H3/t27-,41+/m1/s1. The van der Waals surface area contributed by atoms with Crippen LogP contribution in [0.3, 0.4) is 0 Å². The molecule has 3 aliphatic rings. The predicted molar refractivity (Wildman–Crippen MR) is 205 cm³/mol. The van der Waals surface area contributed by atoms with Gasteiger partial charge in [0, 0.05) is 36.2 Å². The number of nitrogens with zero attached hydrogens (tertiary/aromatic N) is 5. The SMILES string of the molecule is CC(C)[Si](C#Cc1c(F)ccc2cc(O)cc(-c3ncc4c(N(CC(F)F)C5CC5)nc(OC[C@@]56CCCN5C[C@H](F)C6)nc4c3F)c12)(C(C)C)C(C)C. The van der Waals surface area contributed by atoms with Crippen LogP contribution in [-0.4, -0.2) is 83.5 Å². The highest BCUT2D eigenvalue weighted by Gasteiger charge is 2.49. The first kappa shape index (κ1) is 38.3. The van der Waals surface area contributed by atoms with Crippen LogP contribution in [0.25, 0.3) is 32.9 Å². The smallest absolute Gasteiger partial charge is 0.319 e. The summed E-state index contributed by atoms with van der Waals surface area (Å²) in [4.78, 5) is 17.1. The highest BCUT2D eigenvalue weighted by Crippen LogP contribution is 2.44. The number of aromatic nitrogens is 3. The third-order valence-electron chi connectivity index (χ3n) is 12.0. The Morgan fingerprint density at radius 3 is 2.44 bits per heavy atom. The third kappa shape index (κ3) is 6.78. The summed E-state index contributed by atoms with van der Waals surface area (Å²) in [7, 11) is -2.32. The lowest BCUT2D eigenvalue weighted by Gasteiger charge is -2.38. The van der Waals surface area contributed by atoms with Crippen molar-refractivity contribution in [1.29, 1.82) is 0 Å². The molecule has 0 radical (unpaired) electrons. The Hall–Kier alpha value is -4.02. The van der Waals surface area contributed by atoms with E-state index in [2.05, 4.69) is 72.9 Å². The zero-order chi connectivity index (χ0) is 38.7. The molecular formula is C41H48F5N5O2Si. The van der Waals surface area contributed by atoms with Crippen molar-refractivity contribution in [2.45, 2.75) is 114 Å². The number of ether oxygens (including phenoxy) is 1. The molecule has 2 saturated heterocycles. The van der Waals surface area contributed by atoms with Gasteiger partial charge in [0.1, 0.15) is 49.4 Å². The van der Waals surface area contributed by atoms with Gasteiger partial charge in [-0.25, -0.2) is 22.0 Å². The number of hydrogen-bond donors (Lipinski definition) is 1. The Kier molecular flexibility index (Phi) is 10.3. The Labute approximate surface area is 314 Å². The van der Waals surface area contributed by atoms with Crippen LogP contribution in [0.15, 0.2) is 30.5 Å². The molecule has 2 aromatic carbocycles. The lowest BCUT2D eigenvalue weighted by Crippen LogP contribution is -2.43. The molecule has 0 amide bonds. The number of rotatable bonds is 11. The molecule has 288 valence electrons. The maximum Gasteiger partial charge on any atom is 0.319 e. The first-order valence-electron chi connectivity index (χ1n) is 19.1. The van der Waals surface area contributed by atoms with Crippen molar-refractivity contribution >= 4 is 35.6 Å². The van der Waals surface area contributed by atoms with Crippen LogP contribution in [0.4, 0.5) is 27.8 Å². The van der Waals surface area contributed by atoms with E-state index in [-0.39, 0.29) is 86.4 Å². The van der Waals surface area contributed by atoms with Gasteiger partial charge in [-0.1, -0.05) is 53.5 Å². The molecule has 0 bridgehead atoms. The van der Waals surface area contributed by atoms with Gasteiger partial charge in [0.15, 0.2) is 5.82 Å². The zero-order valence-electron chi connectivity index (χ0n) is 31.7. The monoisotopic (exact) mass is 765 g/mol. The minimum atomic E-state index is -2.69. The number of anilines is 1. The molecule has 1 saturated carbocycles. The minimum absolute atomic E-state index is 0.0582. The number of aromatic hydroxyl groups is 1. The molecule has 0 spiro atoms. The van der Waals surface area contributed by atoms with E-state index in [0.29, 0.717) is 24.8 Å². The van der Waals surface area contributed by atoms with Crippen LogP contribution in [0.1, 0.15) is 79.2 Å². The molecule has 2 aromatic heterocycles. The number of hydrogen-bond acceptors (Lipinski definition) is 7. The number of pyridine rings is 1. The van der Waals surface area contributed by atoms with E-state index in [0.717, 1.165) is 19.4 Å². The number of halogens is 5. The van der Waals surface area contributed by atoms with E-state index in [1.54, 1.807) is 0 Å². The molecule has 2 atom stereocenters. The van der Waals surface area contributed by atoms with E-state index in [4.69, 9.17) is 4.74 Å². The molecule has 0 unspecified atom stereocenters. The Balaban J connectivity index is 1.41. The van der Waals surface area contributed by atoms with E-state index in [9.17, 15) is 18.3 Å². The summed E-state index contributed by atoms with van der Waals surface area (Å²) in [6.07, 6.45) is 0.864. The largest absolute Gasteiger partial charge is 0.508 e. The van der Waals surface area contributed by atoms with E-state index in [1.807, 2.05) is 0 Å². The number of alkyl halides is 3. The normalized spacial score (nSPS) is 20.5. The van der Waals surface area contributed by atoms with Crippen molar-refractivity contribution in [3.8, 4) is 34.5 Å². The van der Waals surface area contributed by atoms with Crippen LogP contribution >= 0.6 is 0 Å². The third-order valence-corrected chi connectivity index (χ3v) is 18.3. The van der Waals surface area contributed by atoms with Gasteiger partial charge in [-0.2, -0.15) is 9.97 Å². The van der Waals surface area contributed by atoms with Gasteiger partial charge in [-0.05, 0) is 72.4 Å². The van der Waals surface area contributed by atoms with Crippen LogP contribution in [0.5, 0.6) is 11.8 Å². The van der Waals surface area contributed by atoms with Crippen LogP contribution in [-0.2, 0) is 0 Å². The second-order valence-electron chi connectivity index (χ2n) is 16.3. The molecule has 4 heterocycles. The van der Waals surface area contributed by atoms with Crippen LogP contribution < -0.4 is 9.64 Å². The molecule has 7 rings (SSSR count). The topological polar surface area (TPSA) is 74.6 Å². The van der Waals surface area contributed by atoms with Crippen LogP contribution in [0, 0.1) is 23.1 Å². The fraction of sp³-hybridized carbons (Fsp3) is 0.537. The lowest BCUT2D eigenvalue weighted by atomic mass is 9.95. The van der Waals surface area contributed by atoms with Gasteiger partial charge in [-0.15, -0.1) is 5.54 Å². The summed E-state index contributed by atoms with van der Waals surface area (Å²) < 4.78 is 81.8. The predicted octanol–water partition coefficient (Wildman–Crippen LogP) is 9.59. The molecule has 1 aliphatic carbocycles. The molecule has 54 heavy (non-hydrogen) atoms. The molecule has 3 fully saturated rings. The summed E-state index contributed by atoms with van der Waals surface area (Å²) in [5.74, 6) is 1.60. The Morgan fingerprint density at radius 2 is 1.78 bits per heavy atom. The number of fused-ring (bicyclic) bond motifs is 3. The lowest BCUT2D eigenvalue weighted by molar-refractivity contribution is 0.107. The first-order chi connectivity index (χ1) is 25.6. The molecule has 2 aliphatic heterocycles. The summed E-state index contributed by atoms with van der Waals surface area (Å²) in [5.41, 5.74) is 3.59. The van der Waals surface area contributed by atoms with Crippen molar-refractivity contribution in [3.05, 3.63) is 47.7 Å². The molecule has 7 nitrogen and oxygen atoms in total. The Morgan fingerprint density at radius 1 is 1.06 bits per heavy atom. The van der Waals surface area contributed by atoms with Gasteiger partial charge in [0.05, 0.1) is 23.0 Å². The van der Waals surface area contributed by atoms with E-state index >= 15 is 8.78 Å². The quantitative estimate of drug-likeness (QED) is 0.0927. The van der Waals surface area contributed by atoms with Crippen molar-refractivity contribution in [1.82, 2.24) is 19.9 Å². The number of phenols is 1. The fourth-order valence-corrected chi connectivity index (χ4v) is 14.6. The first-order valence-corrected chi connectivity index (χ1v) is 21.3. The van der Waals surface area contributed by atoms with Crippen molar-refractivity contribution in [3.63, 3.8) is 0 Å². The average Bonchev–Trinajstić information content (AvgIpc) is 3.80. The zero-order valence-corrected chi connectivity index (χ0v) is 32.7. The second kappa shape index (κ2) is 14.6. The Bertz CT molecular complexity index is 2110. The molecule has 4 aromatic rings. The maximum absolute atomic E-state index is 17.2. The minimum Gasteiger partial charge on any atom is -0.508 e. The molecular weight excluding hydrogens is 718 g/mol. The van der Waals surface area contributed by atoms with Gasteiger partial charge in [0.25, 0.3) is 6.43 Å². The summed E-state index contributed by atoms with van der Waals surface area (Å²) >= 11 is 0. The van der Waals surface area contributed by atoms with Gasteiger partial charge < -0.3 is 14.7 Å². The summed E-state index contributed by atoms with van der Waals surface area (Å²) in [5, 5.41) is 11.7. The highest BCUT2D eigenvalue weighted by molar-refractivity contribution is 6.90. The van der Waals surface area contributed by atoms with Gasteiger partial charge >= 0.3 is 6.01 Å². The van der Waals surface area contributed by atoms with Gasteiger partial charge in [0.2, 0.25) is 0 Å². The van der Waals surface area contributed by atoms with Crippen molar-refractivity contribution < 1.29 is 31.8 Å². The van der Waals surface area contributed by atoms with Crippen molar-refractivity contribution in [2.24, 2.45) is 0 Å².